The molecule has 0 bridgehead atoms. The molecule has 1 heterocycles. The SMILES string of the molecule is CC1=C(/C=C/C(=O)N2CCCN(C(=O)O)CC2)C(C)(C)CCC1. The summed E-state index contributed by atoms with van der Waals surface area (Å²) >= 11 is 0. The number of nitrogens with zero attached hydrogens (tertiary/aromatic N) is 2. The van der Waals surface area contributed by atoms with E-state index in [0.29, 0.717) is 32.6 Å². The lowest BCUT2D eigenvalue weighted by Gasteiger charge is -2.33. The normalized spacial score (nSPS) is 22.4. The molecule has 1 aliphatic heterocycles. The van der Waals surface area contributed by atoms with Crippen LogP contribution in [0.25, 0.3) is 0 Å². The van der Waals surface area contributed by atoms with Crippen molar-refractivity contribution in [3.63, 3.8) is 0 Å². The highest BCUT2D eigenvalue weighted by molar-refractivity contribution is 5.88. The summed E-state index contributed by atoms with van der Waals surface area (Å²) in [6.45, 7) is 8.60. The average molecular weight is 320 g/mol. The lowest BCUT2D eigenvalue weighted by atomic mass is 9.72. The molecular weight excluding hydrogens is 292 g/mol. The van der Waals surface area contributed by atoms with Gasteiger partial charge < -0.3 is 14.9 Å². The van der Waals surface area contributed by atoms with E-state index < -0.39 is 6.09 Å². The van der Waals surface area contributed by atoms with Crippen molar-refractivity contribution in [2.24, 2.45) is 5.41 Å². The van der Waals surface area contributed by atoms with Crippen LogP contribution >= 0.6 is 0 Å². The first-order chi connectivity index (χ1) is 10.8. The molecule has 2 aliphatic rings. The van der Waals surface area contributed by atoms with E-state index in [1.54, 1.807) is 11.0 Å². The smallest absolute Gasteiger partial charge is 0.407 e. The summed E-state index contributed by atoms with van der Waals surface area (Å²) in [7, 11) is 0. The average Bonchev–Trinajstić information content (AvgIpc) is 2.71. The Hall–Kier alpha value is -1.78. The fourth-order valence-corrected chi connectivity index (χ4v) is 3.60. The van der Waals surface area contributed by atoms with Gasteiger partial charge in [0.25, 0.3) is 0 Å². The molecule has 1 N–H and O–H groups in total. The van der Waals surface area contributed by atoms with Gasteiger partial charge in [0.2, 0.25) is 5.91 Å². The summed E-state index contributed by atoms with van der Waals surface area (Å²) in [6.07, 6.45) is 6.91. The number of carbonyl (C=O) groups excluding carboxylic acids is 1. The Labute approximate surface area is 138 Å². The van der Waals surface area contributed by atoms with Crippen LogP contribution in [-0.2, 0) is 4.79 Å². The third-order valence-corrected chi connectivity index (χ3v) is 5.01. The third-order valence-electron chi connectivity index (χ3n) is 5.01. The molecule has 0 aromatic carbocycles. The molecule has 0 atom stereocenters. The van der Waals surface area contributed by atoms with Gasteiger partial charge in [0, 0.05) is 32.3 Å². The molecule has 0 aromatic rings. The van der Waals surface area contributed by atoms with E-state index in [2.05, 4.69) is 20.8 Å². The maximum Gasteiger partial charge on any atom is 0.407 e. The van der Waals surface area contributed by atoms with Crippen molar-refractivity contribution in [3.05, 3.63) is 23.3 Å². The van der Waals surface area contributed by atoms with E-state index in [1.807, 2.05) is 6.08 Å². The molecule has 0 radical (unpaired) electrons. The van der Waals surface area contributed by atoms with Crippen molar-refractivity contribution in [2.45, 2.75) is 46.5 Å². The molecule has 128 valence electrons. The van der Waals surface area contributed by atoms with Crippen molar-refractivity contribution in [2.75, 3.05) is 26.2 Å². The van der Waals surface area contributed by atoms with Gasteiger partial charge in [0.05, 0.1) is 0 Å². The van der Waals surface area contributed by atoms with E-state index >= 15 is 0 Å². The van der Waals surface area contributed by atoms with Gasteiger partial charge in [0.15, 0.2) is 0 Å². The number of carbonyl (C=O) groups is 2. The van der Waals surface area contributed by atoms with Crippen molar-refractivity contribution in [1.82, 2.24) is 9.80 Å². The minimum absolute atomic E-state index is 0.0149. The van der Waals surface area contributed by atoms with Crippen molar-refractivity contribution < 1.29 is 14.7 Å². The van der Waals surface area contributed by atoms with Gasteiger partial charge in [-0.1, -0.05) is 25.5 Å². The molecule has 5 nitrogen and oxygen atoms in total. The van der Waals surface area contributed by atoms with E-state index in [-0.39, 0.29) is 11.3 Å². The molecule has 5 heteroatoms. The second kappa shape index (κ2) is 7.20. The van der Waals surface area contributed by atoms with E-state index in [4.69, 9.17) is 5.11 Å². The first-order valence-electron chi connectivity index (χ1n) is 8.46. The first-order valence-corrected chi connectivity index (χ1v) is 8.46. The summed E-state index contributed by atoms with van der Waals surface area (Å²) < 4.78 is 0. The zero-order valence-electron chi connectivity index (χ0n) is 14.5. The molecule has 2 amide bonds. The van der Waals surface area contributed by atoms with Gasteiger partial charge in [-0.2, -0.15) is 0 Å². The summed E-state index contributed by atoms with van der Waals surface area (Å²) in [5.41, 5.74) is 2.77. The second-order valence-electron chi connectivity index (χ2n) is 7.21. The van der Waals surface area contributed by atoms with Crippen LogP contribution in [0.1, 0.15) is 46.5 Å². The topological polar surface area (TPSA) is 60.9 Å². The van der Waals surface area contributed by atoms with E-state index in [9.17, 15) is 9.59 Å². The summed E-state index contributed by atoms with van der Waals surface area (Å²) in [4.78, 5) is 26.6. The number of allylic oxidation sites excluding steroid dienone is 3. The maximum absolute atomic E-state index is 12.4. The zero-order chi connectivity index (χ0) is 17.0. The van der Waals surface area contributed by atoms with Gasteiger partial charge in [-0.05, 0) is 43.6 Å². The zero-order valence-corrected chi connectivity index (χ0v) is 14.5. The number of amides is 2. The van der Waals surface area contributed by atoms with Gasteiger partial charge in [-0.15, -0.1) is 0 Å². The van der Waals surface area contributed by atoms with Crippen LogP contribution in [0.5, 0.6) is 0 Å². The van der Waals surface area contributed by atoms with Crippen LogP contribution < -0.4 is 0 Å². The quantitative estimate of drug-likeness (QED) is 0.794. The maximum atomic E-state index is 12.4. The third kappa shape index (κ3) is 4.36. The summed E-state index contributed by atoms with van der Waals surface area (Å²) in [6, 6.07) is 0. The Kier molecular flexibility index (Phi) is 5.50. The molecule has 1 fully saturated rings. The van der Waals surface area contributed by atoms with Gasteiger partial charge in [-0.3, -0.25) is 4.79 Å². The highest BCUT2D eigenvalue weighted by Crippen LogP contribution is 2.40. The Morgan fingerprint density at radius 1 is 1.09 bits per heavy atom. The number of hydrogen-bond donors (Lipinski definition) is 1. The molecule has 0 unspecified atom stereocenters. The largest absolute Gasteiger partial charge is 0.465 e. The standard InChI is InChI=1S/C18H28N2O3/c1-14-6-4-9-18(2,3)15(14)7-8-16(21)19-10-5-11-20(13-12-19)17(22)23/h7-8H,4-6,9-13H2,1-3H3,(H,22,23)/b8-7+. The number of rotatable bonds is 2. The van der Waals surface area contributed by atoms with Crippen LogP contribution in [0.3, 0.4) is 0 Å². The first kappa shape index (κ1) is 17.6. The van der Waals surface area contributed by atoms with Crippen LogP contribution in [0.4, 0.5) is 4.79 Å². The van der Waals surface area contributed by atoms with E-state index in [1.165, 1.54) is 22.5 Å². The van der Waals surface area contributed by atoms with Crippen molar-refractivity contribution >= 4 is 12.0 Å². The Bertz CT molecular complexity index is 534. The molecule has 0 aromatic heterocycles. The summed E-state index contributed by atoms with van der Waals surface area (Å²) in [5.74, 6) is -0.0149. The van der Waals surface area contributed by atoms with Crippen LogP contribution in [0.2, 0.25) is 0 Å². The van der Waals surface area contributed by atoms with Crippen molar-refractivity contribution in [3.8, 4) is 0 Å². The fraction of sp³-hybridized carbons (Fsp3) is 0.667. The monoisotopic (exact) mass is 320 g/mol. The van der Waals surface area contributed by atoms with E-state index in [0.717, 1.165) is 12.8 Å². The Balaban J connectivity index is 2.02. The number of hydrogen-bond acceptors (Lipinski definition) is 2. The highest BCUT2D eigenvalue weighted by atomic mass is 16.4. The molecule has 23 heavy (non-hydrogen) atoms. The summed E-state index contributed by atoms with van der Waals surface area (Å²) in [5, 5.41) is 9.05. The lowest BCUT2D eigenvalue weighted by Crippen LogP contribution is -2.36. The van der Waals surface area contributed by atoms with Crippen LogP contribution in [-0.4, -0.2) is 53.1 Å². The molecule has 2 rings (SSSR count). The predicted octanol–water partition coefficient (Wildman–Crippen LogP) is 3.28. The molecule has 0 saturated carbocycles. The van der Waals surface area contributed by atoms with Crippen LogP contribution in [0.15, 0.2) is 23.3 Å². The molecule has 1 aliphatic carbocycles. The minimum atomic E-state index is -0.903. The lowest BCUT2D eigenvalue weighted by molar-refractivity contribution is -0.125. The molecular formula is C18H28N2O3. The van der Waals surface area contributed by atoms with Crippen molar-refractivity contribution in [1.29, 1.82) is 0 Å². The highest BCUT2D eigenvalue weighted by Gasteiger charge is 2.27. The Morgan fingerprint density at radius 2 is 1.74 bits per heavy atom. The second-order valence-corrected chi connectivity index (χ2v) is 7.21. The van der Waals surface area contributed by atoms with Gasteiger partial charge in [0.1, 0.15) is 0 Å². The minimum Gasteiger partial charge on any atom is -0.465 e. The van der Waals surface area contributed by atoms with Gasteiger partial charge >= 0.3 is 6.09 Å². The van der Waals surface area contributed by atoms with Crippen LogP contribution in [0, 0.1) is 5.41 Å². The number of carboxylic acid groups (broad SMARTS) is 1. The van der Waals surface area contributed by atoms with Gasteiger partial charge in [-0.25, -0.2) is 4.79 Å². The molecule has 0 spiro atoms. The fourth-order valence-electron chi connectivity index (χ4n) is 3.60. The Morgan fingerprint density at radius 3 is 2.39 bits per heavy atom. The predicted molar refractivity (Wildman–Crippen MR) is 90.3 cm³/mol. The molecule has 1 saturated heterocycles.